The SMILES string of the molecule is COc1ccc(CNn2c(-c3ccccc3)n[nH]c2=S)c(OC)c1. The molecule has 0 bridgehead atoms. The van der Waals surface area contributed by atoms with Gasteiger partial charge in [-0.1, -0.05) is 30.3 Å². The molecule has 7 heteroatoms. The van der Waals surface area contributed by atoms with E-state index in [0.717, 1.165) is 28.5 Å². The molecule has 0 saturated carbocycles. The van der Waals surface area contributed by atoms with Crippen molar-refractivity contribution in [1.82, 2.24) is 14.9 Å². The maximum absolute atomic E-state index is 5.42. The molecule has 0 spiro atoms. The fraction of sp³-hybridized carbons (Fsp3) is 0.176. The lowest BCUT2D eigenvalue weighted by atomic mass is 10.2. The molecule has 2 N–H and O–H groups in total. The Labute approximate surface area is 145 Å². The fourth-order valence-corrected chi connectivity index (χ4v) is 2.58. The first-order valence-electron chi connectivity index (χ1n) is 7.40. The van der Waals surface area contributed by atoms with Crippen molar-refractivity contribution in [2.45, 2.75) is 6.54 Å². The molecular weight excluding hydrogens is 324 g/mol. The molecule has 0 aliphatic rings. The van der Waals surface area contributed by atoms with Crippen molar-refractivity contribution in [2.24, 2.45) is 0 Å². The highest BCUT2D eigenvalue weighted by atomic mass is 32.1. The summed E-state index contributed by atoms with van der Waals surface area (Å²) in [5, 5.41) is 7.12. The number of ether oxygens (including phenoxy) is 2. The number of methoxy groups -OCH3 is 2. The Bertz CT molecular complexity index is 874. The van der Waals surface area contributed by atoms with Gasteiger partial charge in [0.2, 0.25) is 4.77 Å². The third-order valence-corrected chi connectivity index (χ3v) is 3.90. The lowest BCUT2D eigenvalue weighted by Gasteiger charge is -2.13. The summed E-state index contributed by atoms with van der Waals surface area (Å²) in [6.07, 6.45) is 0. The summed E-state index contributed by atoms with van der Waals surface area (Å²) < 4.78 is 12.9. The van der Waals surface area contributed by atoms with Crippen LogP contribution >= 0.6 is 12.2 Å². The zero-order valence-electron chi connectivity index (χ0n) is 13.4. The van der Waals surface area contributed by atoms with Crippen LogP contribution in [0.5, 0.6) is 11.5 Å². The zero-order chi connectivity index (χ0) is 16.9. The fourth-order valence-electron chi connectivity index (χ4n) is 2.39. The summed E-state index contributed by atoms with van der Waals surface area (Å²) in [6, 6.07) is 15.6. The molecule has 1 aromatic heterocycles. The van der Waals surface area contributed by atoms with E-state index in [1.165, 1.54) is 0 Å². The van der Waals surface area contributed by atoms with Crippen molar-refractivity contribution >= 4 is 12.2 Å². The molecule has 0 saturated heterocycles. The van der Waals surface area contributed by atoms with Crippen LogP contribution in [0.25, 0.3) is 11.4 Å². The van der Waals surface area contributed by atoms with Gasteiger partial charge in [-0.3, -0.25) is 0 Å². The van der Waals surface area contributed by atoms with Crippen LogP contribution in [0.4, 0.5) is 0 Å². The predicted molar refractivity (Wildman–Crippen MR) is 95.5 cm³/mol. The Morgan fingerprint density at radius 3 is 2.62 bits per heavy atom. The number of nitrogens with one attached hydrogen (secondary N) is 2. The summed E-state index contributed by atoms with van der Waals surface area (Å²) in [7, 11) is 3.26. The first-order chi connectivity index (χ1) is 11.7. The molecule has 124 valence electrons. The third-order valence-electron chi connectivity index (χ3n) is 3.63. The third kappa shape index (κ3) is 3.26. The summed E-state index contributed by atoms with van der Waals surface area (Å²) in [5.41, 5.74) is 5.24. The second-order valence-corrected chi connectivity index (χ2v) is 5.45. The highest BCUT2D eigenvalue weighted by Gasteiger charge is 2.10. The van der Waals surface area contributed by atoms with Crippen LogP contribution in [0.3, 0.4) is 0 Å². The van der Waals surface area contributed by atoms with Gasteiger partial charge >= 0.3 is 0 Å². The Hall–Kier alpha value is -2.80. The van der Waals surface area contributed by atoms with E-state index in [1.54, 1.807) is 18.9 Å². The molecule has 0 fully saturated rings. The highest BCUT2D eigenvalue weighted by molar-refractivity contribution is 7.71. The molecule has 2 aromatic carbocycles. The molecule has 6 nitrogen and oxygen atoms in total. The van der Waals surface area contributed by atoms with Gasteiger partial charge in [0.25, 0.3) is 0 Å². The first kappa shape index (κ1) is 16.1. The van der Waals surface area contributed by atoms with Gasteiger partial charge in [-0.25, -0.2) is 9.77 Å². The van der Waals surface area contributed by atoms with Gasteiger partial charge in [0, 0.05) is 17.2 Å². The Morgan fingerprint density at radius 1 is 1.12 bits per heavy atom. The smallest absolute Gasteiger partial charge is 0.214 e. The number of aromatic amines is 1. The molecule has 0 amide bonds. The minimum absolute atomic E-state index is 0.501. The average Bonchev–Trinajstić information content (AvgIpc) is 3.01. The van der Waals surface area contributed by atoms with Crippen molar-refractivity contribution in [3.05, 3.63) is 58.9 Å². The lowest BCUT2D eigenvalue weighted by molar-refractivity contribution is 0.391. The van der Waals surface area contributed by atoms with Crippen LogP contribution in [0, 0.1) is 4.77 Å². The summed E-state index contributed by atoms with van der Waals surface area (Å²) in [4.78, 5) is 0. The molecule has 0 unspecified atom stereocenters. The van der Waals surface area contributed by atoms with Crippen molar-refractivity contribution in [2.75, 3.05) is 19.6 Å². The standard InChI is InChI=1S/C17H18N4O2S/c1-22-14-9-8-13(15(10-14)23-2)11-18-21-16(19-20-17(21)24)12-6-4-3-5-7-12/h3-10,18H,11H2,1-2H3,(H,20,24). The minimum Gasteiger partial charge on any atom is -0.497 e. The Kier molecular flexibility index (Phi) is 4.81. The van der Waals surface area contributed by atoms with E-state index in [1.807, 2.05) is 48.5 Å². The number of rotatable bonds is 6. The molecule has 0 aliphatic heterocycles. The van der Waals surface area contributed by atoms with Gasteiger partial charge in [-0.2, -0.15) is 5.10 Å². The molecule has 0 aliphatic carbocycles. The molecule has 0 radical (unpaired) electrons. The van der Waals surface area contributed by atoms with E-state index in [0.29, 0.717) is 11.3 Å². The number of nitrogens with zero attached hydrogens (tertiary/aromatic N) is 2. The van der Waals surface area contributed by atoms with Gasteiger partial charge in [-0.05, 0) is 24.4 Å². The van der Waals surface area contributed by atoms with E-state index in [4.69, 9.17) is 21.7 Å². The van der Waals surface area contributed by atoms with Gasteiger partial charge in [0.05, 0.1) is 20.8 Å². The average molecular weight is 342 g/mol. The molecule has 3 aromatic rings. The maximum Gasteiger partial charge on any atom is 0.214 e. The van der Waals surface area contributed by atoms with Crippen molar-refractivity contribution < 1.29 is 9.47 Å². The maximum atomic E-state index is 5.42. The molecular formula is C17H18N4O2S. The van der Waals surface area contributed by atoms with Gasteiger partial charge < -0.3 is 14.9 Å². The van der Waals surface area contributed by atoms with E-state index in [-0.39, 0.29) is 0 Å². The van der Waals surface area contributed by atoms with Crippen LogP contribution in [0.15, 0.2) is 48.5 Å². The number of hydrogen-bond donors (Lipinski definition) is 2. The Balaban J connectivity index is 1.86. The molecule has 1 heterocycles. The van der Waals surface area contributed by atoms with Crippen LogP contribution in [0.1, 0.15) is 5.56 Å². The van der Waals surface area contributed by atoms with Crippen molar-refractivity contribution in [3.63, 3.8) is 0 Å². The predicted octanol–water partition coefficient (Wildman–Crippen LogP) is 3.37. The minimum atomic E-state index is 0.501. The molecule has 0 atom stereocenters. The number of benzene rings is 2. The van der Waals surface area contributed by atoms with E-state index < -0.39 is 0 Å². The van der Waals surface area contributed by atoms with Crippen LogP contribution in [-0.4, -0.2) is 29.1 Å². The van der Waals surface area contributed by atoms with E-state index in [2.05, 4.69) is 15.6 Å². The van der Waals surface area contributed by atoms with Crippen molar-refractivity contribution in [3.8, 4) is 22.9 Å². The highest BCUT2D eigenvalue weighted by Crippen LogP contribution is 2.25. The normalized spacial score (nSPS) is 10.4. The summed E-state index contributed by atoms with van der Waals surface area (Å²) in [5.74, 6) is 2.23. The van der Waals surface area contributed by atoms with Gasteiger partial charge in [-0.15, -0.1) is 0 Å². The molecule has 3 rings (SSSR count). The number of aromatic nitrogens is 3. The Morgan fingerprint density at radius 2 is 1.92 bits per heavy atom. The van der Waals surface area contributed by atoms with Crippen LogP contribution in [-0.2, 0) is 6.54 Å². The number of H-pyrrole nitrogens is 1. The number of hydrogen-bond acceptors (Lipinski definition) is 5. The second kappa shape index (κ2) is 7.18. The first-order valence-corrected chi connectivity index (χ1v) is 7.81. The van der Waals surface area contributed by atoms with Gasteiger partial charge in [0.15, 0.2) is 5.82 Å². The van der Waals surface area contributed by atoms with Crippen LogP contribution < -0.4 is 14.9 Å². The van der Waals surface area contributed by atoms with Gasteiger partial charge in [0.1, 0.15) is 11.5 Å². The van der Waals surface area contributed by atoms with E-state index >= 15 is 0 Å². The monoisotopic (exact) mass is 342 g/mol. The zero-order valence-corrected chi connectivity index (χ0v) is 14.3. The van der Waals surface area contributed by atoms with E-state index in [9.17, 15) is 0 Å². The largest absolute Gasteiger partial charge is 0.497 e. The summed E-state index contributed by atoms with van der Waals surface area (Å²) >= 11 is 5.32. The topological polar surface area (TPSA) is 64.1 Å². The van der Waals surface area contributed by atoms with Crippen molar-refractivity contribution in [1.29, 1.82) is 0 Å². The second-order valence-electron chi connectivity index (χ2n) is 5.07. The van der Waals surface area contributed by atoms with Crippen LogP contribution in [0.2, 0.25) is 0 Å². The quantitative estimate of drug-likeness (QED) is 0.673. The lowest BCUT2D eigenvalue weighted by Crippen LogP contribution is -2.16. The summed E-state index contributed by atoms with van der Waals surface area (Å²) in [6.45, 7) is 0.529. The molecule has 24 heavy (non-hydrogen) atoms.